The average Bonchev–Trinajstić information content (AvgIpc) is 3.18. The van der Waals surface area contributed by atoms with Crippen LogP contribution in [0.25, 0.3) is 10.9 Å². The zero-order valence-electron chi connectivity index (χ0n) is 18.3. The van der Waals surface area contributed by atoms with Crippen LogP contribution in [0.1, 0.15) is 61.4 Å². The average molecular weight is 439 g/mol. The first-order valence-corrected chi connectivity index (χ1v) is 11.1. The number of carbonyl (C=O) groups is 1. The Hall–Kier alpha value is -2.30. The number of ether oxygens (including phenoxy) is 1. The van der Waals surface area contributed by atoms with E-state index in [4.69, 9.17) is 4.74 Å². The van der Waals surface area contributed by atoms with Gasteiger partial charge in [0.2, 0.25) is 0 Å². The Labute approximate surface area is 190 Å². The highest BCUT2D eigenvalue weighted by Crippen LogP contribution is 2.59. The van der Waals surface area contributed by atoms with Crippen molar-refractivity contribution in [1.82, 2.24) is 9.88 Å². The van der Waals surface area contributed by atoms with Crippen molar-refractivity contribution >= 4 is 29.3 Å². The summed E-state index contributed by atoms with van der Waals surface area (Å²) < 4.78 is 5.26. The number of hydrogen-bond donors (Lipinski definition) is 1. The number of rotatable bonds is 4. The molecule has 164 valence electrons. The van der Waals surface area contributed by atoms with Crippen molar-refractivity contribution in [3.05, 3.63) is 71.4 Å². The first kappa shape index (κ1) is 21.9. The number of nitrogens with one attached hydrogen (secondary N) is 1. The Morgan fingerprint density at radius 2 is 1.90 bits per heavy atom. The number of carbonyl (C=O) groups excluding carboxylic acids is 1. The van der Waals surface area contributed by atoms with Crippen LogP contribution >= 0.6 is 12.4 Å². The normalized spacial score (nSPS) is 25.4. The van der Waals surface area contributed by atoms with Crippen LogP contribution in [-0.4, -0.2) is 29.5 Å². The van der Waals surface area contributed by atoms with E-state index in [0.29, 0.717) is 6.04 Å². The van der Waals surface area contributed by atoms with Crippen molar-refractivity contribution in [2.75, 3.05) is 13.7 Å². The number of nitrogens with zero attached hydrogens (tertiary/aromatic N) is 1. The summed E-state index contributed by atoms with van der Waals surface area (Å²) in [6, 6.07) is 19.6. The quantitative estimate of drug-likeness (QED) is 0.509. The summed E-state index contributed by atoms with van der Waals surface area (Å²) in [5.74, 6) is -0.334. The number of esters is 1. The third-order valence-electron chi connectivity index (χ3n) is 7.49. The van der Waals surface area contributed by atoms with Crippen molar-refractivity contribution < 1.29 is 9.53 Å². The van der Waals surface area contributed by atoms with Gasteiger partial charge in [0.1, 0.15) is 0 Å². The SMILES string of the molecule is CCC12CCCN(Cc3ccccc3)C1c1c([nH]c3ccccc13)C(C(=O)OC)C2.Cl. The molecule has 2 aliphatic rings. The fraction of sp³-hybridized carbons (Fsp3) is 0.423. The van der Waals surface area contributed by atoms with Gasteiger partial charge in [-0.05, 0) is 54.8 Å². The number of piperidine rings is 1. The summed E-state index contributed by atoms with van der Waals surface area (Å²) in [6.45, 7) is 4.32. The Bertz CT molecular complexity index is 1060. The lowest BCUT2D eigenvalue weighted by molar-refractivity contribution is -0.145. The summed E-state index contributed by atoms with van der Waals surface area (Å²) >= 11 is 0. The lowest BCUT2D eigenvalue weighted by atomic mass is 9.59. The maximum absolute atomic E-state index is 12.9. The van der Waals surface area contributed by atoms with Crippen molar-refractivity contribution in [1.29, 1.82) is 0 Å². The zero-order chi connectivity index (χ0) is 20.7. The predicted octanol–water partition coefficient (Wildman–Crippen LogP) is 5.98. The van der Waals surface area contributed by atoms with E-state index in [0.717, 1.165) is 43.6 Å². The molecule has 4 nitrogen and oxygen atoms in total. The topological polar surface area (TPSA) is 45.3 Å². The summed E-state index contributed by atoms with van der Waals surface area (Å²) in [5, 5.41) is 1.25. The molecule has 2 heterocycles. The minimum atomic E-state index is -0.217. The second kappa shape index (κ2) is 8.68. The molecule has 0 spiro atoms. The molecule has 0 bridgehead atoms. The molecule has 1 aliphatic heterocycles. The van der Waals surface area contributed by atoms with Gasteiger partial charge in [-0.3, -0.25) is 9.69 Å². The van der Waals surface area contributed by atoms with Crippen molar-refractivity contribution in [2.45, 2.75) is 51.1 Å². The van der Waals surface area contributed by atoms with Gasteiger partial charge in [0.05, 0.1) is 13.0 Å². The molecule has 3 atom stereocenters. The molecular formula is C26H31ClN2O2. The number of benzene rings is 2. The third kappa shape index (κ3) is 3.56. The van der Waals surface area contributed by atoms with Gasteiger partial charge in [0.25, 0.3) is 0 Å². The number of hydrogen-bond acceptors (Lipinski definition) is 3. The molecule has 3 aromatic rings. The minimum absolute atomic E-state index is 0. The molecule has 1 N–H and O–H groups in total. The lowest BCUT2D eigenvalue weighted by Crippen LogP contribution is -2.49. The molecule has 5 rings (SSSR count). The van der Waals surface area contributed by atoms with E-state index in [1.54, 1.807) is 0 Å². The Balaban J connectivity index is 0.00000231. The molecule has 0 amide bonds. The number of likely N-dealkylation sites (tertiary alicyclic amines) is 1. The second-order valence-corrected chi connectivity index (χ2v) is 8.96. The molecule has 3 unspecified atom stereocenters. The van der Waals surface area contributed by atoms with Gasteiger partial charge in [0.15, 0.2) is 0 Å². The van der Waals surface area contributed by atoms with Crippen LogP contribution in [0.2, 0.25) is 0 Å². The van der Waals surface area contributed by atoms with Crippen LogP contribution in [-0.2, 0) is 16.1 Å². The summed E-state index contributed by atoms with van der Waals surface area (Å²) in [5.41, 5.74) is 4.94. The molecule has 2 aromatic carbocycles. The van der Waals surface area contributed by atoms with E-state index in [-0.39, 0.29) is 29.7 Å². The number of aromatic nitrogens is 1. The molecule has 0 radical (unpaired) electrons. The van der Waals surface area contributed by atoms with Crippen LogP contribution in [0.15, 0.2) is 54.6 Å². The number of halogens is 1. The number of fused-ring (bicyclic) bond motifs is 5. The van der Waals surface area contributed by atoms with E-state index in [2.05, 4.69) is 71.4 Å². The molecule has 1 fully saturated rings. The Morgan fingerprint density at radius 3 is 2.65 bits per heavy atom. The van der Waals surface area contributed by atoms with Crippen LogP contribution in [0.3, 0.4) is 0 Å². The number of aromatic amines is 1. The van der Waals surface area contributed by atoms with E-state index in [9.17, 15) is 4.79 Å². The number of methoxy groups -OCH3 is 1. The molecule has 0 saturated carbocycles. The monoisotopic (exact) mass is 438 g/mol. The van der Waals surface area contributed by atoms with Crippen molar-refractivity contribution in [2.24, 2.45) is 5.41 Å². The molecule has 31 heavy (non-hydrogen) atoms. The van der Waals surface area contributed by atoms with Gasteiger partial charge >= 0.3 is 5.97 Å². The highest BCUT2D eigenvalue weighted by molar-refractivity contribution is 5.89. The molecule has 1 aromatic heterocycles. The fourth-order valence-electron chi connectivity index (χ4n) is 6.10. The molecule has 5 heteroatoms. The number of para-hydroxylation sites is 1. The molecule has 1 aliphatic carbocycles. The van der Waals surface area contributed by atoms with Gasteiger partial charge < -0.3 is 9.72 Å². The Kier molecular flexibility index (Phi) is 6.14. The summed E-state index contributed by atoms with van der Waals surface area (Å²) in [4.78, 5) is 19.1. The highest BCUT2D eigenvalue weighted by atomic mass is 35.5. The van der Waals surface area contributed by atoms with Crippen LogP contribution in [0.5, 0.6) is 0 Å². The summed E-state index contributed by atoms with van der Waals surface area (Å²) in [6.07, 6.45) is 4.25. The fourth-order valence-corrected chi connectivity index (χ4v) is 6.10. The largest absolute Gasteiger partial charge is 0.469 e. The van der Waals surface area contributed by atoms with Gasteiger partial charge in [-0.1, -0.05) is 55.5 Å². The molecular weight excluding hydrogens is 408 g/mol. The van der Waals surface area contributed by atoms with Crippen LogP contribution in [0, 0.1) is 5.41 Å². The van der Waals surface area contributed by atoms with Crippen molar-refractivity contribution in [3.8, 4) is 0 Å². The van der Waals surface area contributed by atoms with Crippen LogP contribution in [0.4, 0.5) is 0 Å². The number of H-pyrrole nitrogens is 1. The first-order valence-electron chi connectivity index (χ1n) is 11.1. The standard InChI is InChI=1S/C26H30N2O2.ClH/c1-3-26-14-9-15-28(17-18-10-5-4-6-11-18)24(26)22-19-12-7-8-13-21(19)27-23(22)20(16-26)25(29)30-2;/h4-8,10-13,20,24,27H,3,9,14-17H2,1-2H3;1H. The van der Waals surface area contributed by atoms with Gasteiger partial charge in [-0.15, -0.1) is 12.4 Å². The Morgan fingerprint density at radius 1 is 1.16 bits per heavy atom. The zero-order valence-corrected chi connectivity index (χ0v) is 19.1. The third-order valence-corrected chi connectivity index (χ3v) is 7.49. The van der Waals surface area contributed by atoms with Gasteiger partial charge in [-0.25, -0.2) is 0 Å². The van der Waals surface area contributed by atoms with Gasteiger partial charge in [0, 0.05) is 29.2 Å². The van der Waals surface area contributed by atoms with E-state index >= 15 is 0 Å². The second-order valence-electron chi connectivity index (χ2n) is 8.96. The maximum Gasteiger partial charge on any atom is 0.314 e. The lowest BCUT2D eigenvalue weighted by Gasteiger charge is -2.54. The van der Waals surface area contributed by atoms with Gasteiger partial charge in [-0.2, -0.15) is 0 Å². The highest BCUT2D eigenvalue weighted by Gasteiger charge is 2.52. The van der Waals surface area contributed by atoms with E-state index in [1.165, 1.54) is 30.0 Å². The summed E-state index contributed by atoms with van der Waals surface area (Å²) in [7, 11) is 1.51. The van der Waals surface area contributed by atoms with Crippen LogP contribution < -0.4 is 0 Å². The molecule has 1 saturated heterocycles. The van der Waals surface area contributed by atoms with Crippen molar-refractivity contribution in [3.63, 3.8) is 0 Å². The minimum Gasteiger partial charge on any atom is -0.469 e. The van der Waals surface area contributed by atoms with E-state index < -0.39 is 0 Å². The predicted molar refractivity (Wildman–Crippen MR) is 126 cm³/mol. The first-order chi connectivity index (χ1) is 14.7. The smallest absolute Gasteiger partial charge is 0.314 e. The maximum atomic E-state index is 12.9. The van der Waals surface area contributed by atoms with E-state index in [1.807, 2.05) is 0 Å².